The number of nitrogens with one attached hydrogen (secondary N) is 1. The van der Waals surface area contributed by atoms with Gasteiger partial charge in [-0.25, -0.2) is 9.07 Å². The first-order chi connectivity index (χ1) is 18.6. The van der Waals surface area contributed by atoms with Crippen LogP contribution in [0.15, 0.2) is 47.3 Å². The summed E-state index contributed by atoms with van der Waals surface area (Å²) in [5.74, 6) is 1.68. The highest BCUT2D eigenvalue weighted by atomic mass is 19.1. The smallest absolute Gasteiger partial charge is 0.252 e. The van der Waals surface area contributed by atoms with Gasteiger partial charge in [-0.1, -0.05) is 19.1 Å². The number of hydrogen-bond acceptors (Lipinski definition) is 8. The zero-order valence-electron chi connectivity index (χ0n) is 21.1. The molecule has 10 nitrogen and oxygen atoms in total. The Bertz CT molecular complexity index is 1480. The Hall–Kier alpha value is -3.83. The maximum atomic E-state index is 13.6. The number of ether oxygens (including phenoxy) is 3. The van der Waals surface area contributed by atoms with Crippen molar-refractivity contribution in [1.82, 2.24) is 30.1 Å². The molecule has 38 heavy (non-hydrogen) atoms. The highest BCUT2D eigenvalue weighted by molar-refractivity contribution is 5.83. The fourth-order valence-electron chi connectivity index (χ4n) is 5.24. The molecule has 4 aromatic rings. The highest BCUT2D eigenvalue weighted by Crippen LogP contribution is 2.35. The maximum absolute atomic E-state index is 13.6. The number of rotatable bonds is 9. The van der Waals surface area contributed by atoms with Crippen molar-refractivity contribution in [3.8, 4) is 11.5 Å². The summed E-state index contributed by atoms with van der Waals surface area (Å²) >= 11 is 0. The molecular weight excluding hydrogens is 491 g/mol. The molecule has 198 valence electrons. The Morgan fingerprint density at radius 2 is 1.97 bits per heavy atom. The van der Waals surface area contributed by atoms with Gasteiger partial charge >= 0.3 is 0 Å². The van der Waals surface area contributed by atoms with Gasteiger partial charge in [0.15, 0.2) is 17.3 Å². The van der Waals surface area contributed by atoms with Crippen LogP contribution in [-0.4, -0.2) is 49.6 Å². The summed E-state index contributed by atoms with van der Waals surface area (Å²) in [6.45, 7) is 4.37. The van der Waals surface area contributed by atoms with Gasteiger partial charge in [0.25, 0.3) is 5.56 Å². The average molecular weight is 521 g/mol. The predicted molar refractivity (Wildman–Crippen MR) is 136 cm³/mol. The van der Waals surface area contributed by atoms with Crippen LogP contribution < -0.4 is 15.0 Å². The first kappa shape index (κ1) is 24.5. The summed E-state index contributed by atoms with van der Waals surface area (Å²) in [5.41, 5.74) is 2.01. The number of pyridine rings is 1. The molecular formula is C27H29FN6O4. The molecule has 0 bridgehead atoms. The number of benzene rings is 2. The van der Waals surface area contributed by atoms with Gasteiger partial charge in [-0.2, -0.15) is 0 Å². The molecule has 0 unspecified atom stereocenters. The Balaban J connectivity index is 1.35. The number of H-pyrrole nitrogens is 1. The predicted octanol–water partition coefficient (Wildman–Crippen LogP) is 3.71. The molecule has 2 aromatic heterocycles. The summed E-state index contributed by atoms with van der Waals surface area (Å²) in [6, 6.07) is 11.8. The van der Waals surface area contributed by atoms with Gasteiger partial charge in [0.05, 0.1) is 24.2 Å². The molecule has 0 aliphatic carbocycles. The van der Waals surface area contributed by atoms with Crippen LogP contribution in [0.1, 0.15) is 49.2 Å². The van der Waals surface area contributed by atoms with Gasteiger partial charge in [-0.15, -0.1) is 5.10 Å². The number of tetrazole rings is 1. The normalized spacial score (nSPS) is 17.5. The van der Waals surface area contributed by atoms with Crippen molar-refractivity contribution in [2.24, 2.45) is 0 Å². The molecule has 2 aliphatic heterocycles. The van der Waals surface area contributed by atoms with Crippen molar-refractivity contribution < 1.29 is 18.6 Å². The molecule has 0 saturated carbocycles. The largest absolute Gasteiger partial charge is 0.454 e. The minimum atomic E-state index is -0.294. The number of hydrogen-bond donors (Lipinski definition) is 1. The topological polar surface area (TPSA) is 107 Å². The second-order valence-corrected chi connectivity index (χ2v) is 9.73. The Kier molecular flexibility index (Phi) is 6.77. The summed E-state index contributed by atoms with van der Waals surface area (Å²) in [5, 5.41) is 13.5. The third-order valence-corrected chi connectivity index (χ3v) is 7.17. The molecule has 4 heterocycles. The lowest BCUT2D eigenvalue weighted by Crippen LogP contribution is -2.33. The summed E-state index contributed by atoms with van der Waals surface area (Å²) < 4.78 is 32.3. The average Bonchev–Trinajstić information content (AvgIpc) is 3.68. The van der Waals surface area contributed by atoms with Crippen molar-refractivity contribution >= 4 is 10.9 Å². The molecule has 1 fully saturated rings. The number of halogens is 1. The zero-order chi connectivity index (χ0) is 26.1. The second-order valence-electron chi connectivity index (χ2n) is 9.73. The van der Waals surface area contributed by atoms with Crippen LogP contribution in [0.3, 0.4) is 0 Å². The molecule has 1 N–H and O–H groups in total. The van der Waals surface area contributed by atoms with Crippen LogP contribution >= 0.6 is 0 Å². The van der Waals surface area contributed by atoms with Gasteiger partial charge in [-0.3, -0.25) is 9.69 Å². The van der Waals surface area contributed by atoms with E-state index in [0.29, 0.717) is 54.5 Å². The third kappa shape index (κ3) is 4.99. The molecule has 2 atom stereocenters. The first-order valence-corrected chi connectivity index (χ1v) is 12.9. The fourth-order valence-corrected chi connectivity index (χ4v) is 5.24. The van der Waals surface area contributed by atoms with Gasteiger partial charge in [0.2, 0.25) is 6.79 Å². The van der Waals surface area contributed by atoms with Crippen LogP contribution in [0.4, 0.5) is 4.39 Å². The number of aromatic amines is 1. The van der Waals surface area contributed by atoms with Crippen molar-refractivity contribution in [2.75, 3.05) is 13.4 Å². The van der Waals surface area contributed by atoms with E-state index in [2.05, 4.69) is 32.3 Å². The third-order valence-electron chi connectivity index (χ3n) is 7.17. The van der Waals surface area contributed by atoms with E-state index in [1.54, 1.807) is 18.2 Å². The highest BCUT2D eigenvalue weighted by Gasteiger charge is 2.28. The number of aromatic nitrogens is 5. The zero-order valence-corrected chi connectivity index (χ0v) is 21.1. The molecule has 2 aliphatic rings. The van der Waals surface area contributed by atoms with E-state index in [4.69, 9.17) is 14.2 Å². The second kappa shape index (κ2) is 10.5. The summed E-state index contributed by atoms with van der Waals surface area (Å²) in [4.78, 5) is 18.3. The van der Waals surface area contributed by atoms with E-state index in [9.17, 15) is 9.18 Å². The Morgan fingerprint density at radius 3 is 2.74 bits per heavy atom. The van der Waals surface area contributed by atoms with E-state index in [1.807, 2.05) is 16.8 Å². The molecule has 11 heteroatoms. The van der Waals surface area contributed by atoms with Gasteiger partial charge < -0.3 is 19.2 Å². The lowest BCUT2D eigenvalue weighted by atomic mass is 10.1. The lowest BCUT2D eigenvalue weighted by molar-refractivity contribution is 0.0888. The van der Waals surface area contributed by atoms with Gasteiger partial charge in [-0.05, 0) is 59.5 Å². The van der Waals surface area contributed by atoms with E-state index >= 15 is 0 Å². The monoisotopic (exact) mass is 520 g/mol. The maximum Gasteiger partial charge on any atom is 0.252 e. The van der Waals surface area contributed by atoms with E-state index in [0.717, 1.165) is 30.4 Å². The summed E-state index contributed by atoms with van der Waals surface area (Å²) in [7, 11) is 0. The van der Waals surface area contributed by atoms with Crippen LogP contribution in [0.2, 0.25) is 0 Å². The van der Waals surface area contributed by atoms with Crippen molar-refractivity contribution in [1.29, 1.82) is 0 Å². The Morgan fingerprint density at radius 1 is 1.16 bits per heavy atom. The number of fused-ring (bicyclic) bond motifs is 2. The molecule has 1 saturated heterocycles. The quantitative estimate of drug-likeness (QED) is 0.356. The molecule has 0 spiro atoms. The van der Waals surface area contributed by atoms with Gasteiger partial charge in [0.1, 0.15) is 5.82 Å². The van der Waals surface area contributed by atoms with Crippen molar-refractivity contribution in [2.45, 2.75) is 58.0 Å². The Labute approximate surface area is 218 Å². The van der Waals surface area contributed by atoms with E-state index in [1.165, 1.54) is 12.1 Å². The lowest BCUT2D eigenvalue weighted by Gasteiger charge is -2.30. The first-order valence-electron chi connectivity index (χ1n) is 12.9. The van der Waals surface area contributed by atoms with E-state index < -0.39 is 0 Å². The van der Waals surface area contributed by atoms with Crippen LogP contribution in [-0.2, 0) is 24.4 Å². The minimum Gasteiger partial charge on any atom is -0.454 e. The molecule has 2 aromatic carbocycles. The molecule has 0 radical (unpaired) electrons. The SMILES string of the molecule is CC[C@H](c1nnnn1C[C@@H]1CCCO1)N(Cc1ccc(F)cc1)Cc1cc2cc3c(cc2[nH]c1=O)OCO3. The van der Waals surface area contributed by atoms with Crippen LogP contribution in [0, 0.1) is 5.82 Å². The minimum absolute atomic E-state index is 0.0802. The van der Waals surface area contributed by atoms with Crippen LogP contribution in [0.25, 0.3) is 10.9 Å². The standard InChI is InChI=1S/C27H29FN6O4/c1-2-23(26-30-31-32-34(26)15-21-4-3-9-36-21)33(13-17-5-7-20(28)8-6-17)14-19-10-18-11-24-25(38-16-37-24)12-22(18)29-27(19)35/h5-8,10-12,21,23H,2-4,9,13-16H2,1H3,(H,29,35)/t21-,23+/m0/s1. The van der Waals surface area contributed by atoms with E-state index in [-0.39, 0.29) is 30.3 Å². The fraction of sp³-hybridized carbons (Fsp3) is 0.407. The molecule has 0 amide bonds. The van der Waals surface area contributed by atoms with Crippen molar-refractivity contribution in [3.05, 3.63) is 75.6 Å². The summed E-state index contributed by atoms with van der Waals surface area (Å²) in [6.07, 6.45) is 2.79. The van der Waals surface area contributed by atoms with Crippen LogP contribution in [0.5, 0.6) is 11.5 Å². The molecule has 6 rings (SSSR count). The number of nitrogens with zero attached hydrogens (tertiary/aromatic N) is 5. The van der Waals surface area contributed by atoms with Crippen molar-refractivity contribution in [3.63, 3.8) is 0 Å². The van der Waals surface area contributed by atoms with Gasteiger partial charge in [0, 0.05) is 36.7 Å².